The molecule has 6 heteroatoms. The summed E-state index contributed by atoms with van der Waals surface area (Å²) < 4.78 is 10.4. The van der Waals surface area contributed by atoms with Gasteiger partial charge in [0.2, 0.25) is 0 Å². The summed E-state index contributed by atoms with van der Waals surface area (Å²) in [6.45, 7) is 5.12. The number of hydrogen-bond acceptors (Lipinski definition) is 5. The number of benzene rings is 1. The number of carbonyl (C=O) groups is 2. The molecule has 3 rings (SSSR count). The highest BCUT2D eigenvalue weighted by Gasteiger charge is 2.31. The van der Waals surface area contributed by atoms with Crippen molar-refractivity contribution in [2.45, 2.75) is 26.7 Å². The van der Waals surface area contributed by atoms with Crippen LogP contribution in [0.4, 0.5) is 0 Å². The van der Waals surface area contributed by atoms with Crippen LogP contribution in [0.25, 0.3) is 11.3 Å². The Hall–Kier alpha value is -2.63. The molecule has 0 spiro atoms. The predicted molar refractivity (Wildman–Crippen MR) is 91.9 cm³/mol. The van der Waals surface area contributed by atoms with Gasteiger partial charge in [0.15, 0.2) is 11.5 Å². The van der Waals surface area contributed by atoms with Crippen LogP contribution in [0.15, 0.2) is 34.9 Å². The van der Waals surface area contributed by atoms with Crippen molar-refractivity contribution in [2.24, 2.45) is 5.92 Å². The second-order valence-corrected chi connectivity index (χ2v) is 6.28. The first-order valence-electron chi connectivity index (χ1n) is 8.58. The topological polar surface area (TPSA) is 72.6 Å². The van der Waals surface area contributed by atoms with Gasteiger partial charge >= 0.3 is 5.97 Å². The molecule has 2 aromatic rings. The van der Waals surface area contributed by atoms with E-state index >= 15 is 0 Å². The first-order valence-corrected chi connectivity index (χ1v) is 8.58. The molecule has 0 unspecified atom stereocenters. The van der Waals surface area contributed by atoms with Gasteiger partial charge in [-0.1, -0.05) is 35.0 Å². The average molecular weight is 342 g/mol. The molecule has 1 aliphatic heterocycles. The van der Waals surface area contributed by atoms with Crippen LogP contribution in [0, 0.1) is 12.8 Å². The third-order valence-electron chi connectivity index (χ3n) is 4.39. The molecule has 132 valence electrons. The summed E-state index contributed by atoms with van der Waals surface area (Å²) in [5.41, 5.74) is 2.29. The van der Waals surface area contributed by atoms with E-state index < -0.39 is 0 Å². The lowest BCUT2D eigenvalue weighted by Gasteiger charge is -2.30. The summed E-state index contributed by atoms with van der Waals surface area (Å²) in [7, 11) is 0. The normalized spacial score (nSPS) is 17.4. The molecule has 1 aliphatic rings. The molecule has 1 aromatic carbocycles. The van der Waals surface area contributed by atoms with Crippen molar-refractivity contribution in [3.63, 3.8) is 0 Å². The summed E-state index contributed by atoms with van der Waals surface area (Å²) in [6.07, 6.45) is 1.52. The fraction of sp³-hybridized carbons (Fsp3) is 0.421. The van der Waals surface area contributed by atoms with Crippen LogP contribution in [0.1, 0.15) is 35.8 Å². The van der Waals surface area contributed by atoms with Crippen LogP contribution in [0.2, 0.25) is 0 Å². The van der Waals surface area contributed by atoms with Crippen molar-refractivity contribution < 1.29 is 18.8 Å². The van der Waals surface area contributed by atoms with Gasteiger partial charge < -0.3 is 14.2 Å². The first kappa shape index (κ1) is 17.2. The zero-order chi connectivity index (χ0) is 17.8. The number of carbonyl (C=O) groups excluding carboxylic acids is 2. The molecule has 2 heterocycles. The van der Waals surface area contributed by atoms with Gasteiger partial charge in [-0.25, -0.2) is 0 Å². The van der Waals surface area contributed by atoms with Gasteiger partial charge in [0.05, 0.1) is 12.5 Å². The Bertz CT molecular complexity index is 751. The number of ether oxygens (including phenoxy) is 1. The SMILES string of the molecule is CCOC(=O)[C@@H]1CCCN(C(=O)c2cc(-c3ccc(C)cc3)on2)C1. The Morgan fingerprint density at radius 3 is 2.80 bits per heavy atom. The maximum Gasteiger partial charge on any atom is 0.310 e. The number of aryl methyl sites for hydroxylation is 1. The van der Waals surface area contributed by atoms with Crippen molar-refractivity contribution in [3.05, 3.63) is 41.6 Å². The number of hydrogen-bond donors (Lipinski definition) is 0. The van der Waals surface area contributed by atoms with E-state index in [1.54, 1.807) is 17.9 Å². The second kappa shape index (κ2) is 7.51. The standard InChI is InChI=1S/C19H22N2O4/c1-3-24-19(23)15-5-4-10-21(12-15)18(22)16-11-17(25-20-16)14-8-6-13(2)7-9-14/h6-9,11,15H,3-5,10,12H2,1-2H3/t15-/m1/s1. The van der Waals surface area contributed by atoms with Gasteiger partial charge in [0.25, 0.3) is 5.91 Å². The molecule has 1 aromatic heterocycles. The molecular weight excluding hydrogens is 320 g/mol. The van der Waals surface area contributed by atoms with E-state index in [0.29, 0.717) is 25.5 Å². The fourth-order valence-corrected chi connectivity index (χ4v) is 3.01. The lowest BCUT2D eigenvalue weighted by Crippen LogP contribution is -2.42. The summed E-state index contributed by atoms with van der Waals surface area (Å²) in [5.74, 6) is -0.153. The van der Waals surface area contributed by atoms with Crippen LogP contribution in [0.5, 0.6) is 0 Å². The van der Waals surface area contributed by atoms with Gasteiger partial charge in [-0.2, -0.15) is 0 Å². The number of piperidine rings is 1. The molecular formula is C19H22N2O4. The zero-order valence-electron chi connectivity index (χ0n) is 14.5. The molecule has 0 radical (unpaired) electrons. The third kappa shape index (κ3) is 3.90. The van der Waals surface area contributed by atoms with Crippen LogP contribution in [-0.2, 0) is 9.53 Å². The van der Waals surface area contributed by atoms with Gasteiger partial charge in [-0.15, -0.1) is 0 Å². The smallest absolute Gasteiger partial charge is 0.310 e. The molecule has 0 N–H and O–H groups in total. The number of nitrogens with zero attached hydrogens (tertiary/aromatic N) is 2. The second-order valence-electron chi connectivity index (χ2n) is 6.28. The largest absolute Gasteiger partial charge is 0.466 e. The fourth-order valence-electron chi connectivity index (χ4n) is 3.01. The van der Waals surface area contributed by atoms with E-state index in [1.165, 1.54) is 0 Å². The number of amides is 1. The van der Waals surface area contributed by atoms with E-state index in [-0.39, 0.29) is 23.5 Å². The summed E-state index contributed by atoms with van der Waals surface area (Å²) in [5, 5.41) is 3.91. The van der Waals surface area contributed by atoms with Gasteiger partial charge in [-0.3, -0.25) is 9.59 Å². The molecule has 25 heavy (non-hydrogen) atoms. The summed E-state index contributed by atoms with van der Waals surface area (Å²) in [6, 6.07) is 9.48. The van der Waals surface area contributed by atoms with Crippen LogP contribution < -0.4 is 0 Å². The first-order chi connectivity index (χ1) is 12.1. The van der Waals surface area contributed by atoms with Gasteiger partial charge in [0.1, 0.15) is 0 Å². The zero-order valence-corrected chi connectivity index (χ0v) is 14.5. The number of rotatable bonds is 4. The molecule has 0 bridgehead atoms. The van der Waals surface area contributed by atoms with E-state index in [9.17, 15) is 9.59 Å². The van der Waals surface area contributed by atoms with E-state index in [0.717, 1.165) is 24.0 Å². The van der Waals surface area contributed by atoms with Crippen molar-refractivity contribution >= 4 is 11.9 Å². The third-order valence-corrected chi connectivity index (χ3v) is 4.39. The van der Waals surface area contributed by atoms with Crippen molar-refractivity contribution in [1.82, 2.24) is 10.1 Å². The van der Waals surface area contributed by atoms with Crippen LogP contribution in [0.3, 0.4) is 0 Å². The number of aromatic nitrogens is 1. The minimum atomic E-state index is -0.263. The lowest BCUT2D eigenvalue weighted by molar-refractivity contribution is -0.149. The maximum atomic E-state index is 12.7. The Balaban J connectivity index is 1.70. The molecule has 1 amide bonds. The predicted octanol–water partition coefficient (Wildman–Crippen LogP) is 3.07. The molecule has 6 nitrogen and oxygen atoms in total. The highest BCUT2D eigenvalue weighted by molar-refractivity contribution is 5.93. The van der Waals surface area contributed by atoms with Crippen molar-refractivity contribution in [2.75, 3.05) is 19.7 Å². The maximum absolute atomic E-state index is 12.7. The van der Waals surface area contributed by atoms with E-state index in [4.69, 9.17) is 9.26 Å². The van der Waals surface area contributed by atoms with Gasteiger partial charge in [0, 0.05) is 24.7 Å². The Kier molecular flexibility index (Phi) is 5.16. The van der Waals surface area contributed by atoms with Crippen LogP contribution >= 0.6 is 0 Å². The minimum Gasteiger partial charge on any atom is -0.466 e. The molecule has 0 aliphatic carbocycles. The number of esters is 1. The Labute approximate surface area is 146 Å². The van der Waals surface area contributed by atoms with Gasteiger partial charge in [-0.05, 0) is 26.7 Å². The lowest BCUT2D eigenvalue weighted by atomic mass is 9.98. The molecule has 1 atom stereocenters. The quantitative estimate of drug-likeness (QED) is 0.799. The molecule has 0 saturated carbocycles. The van der Waals surface area contributed by atoms with E-state index in [1.807, 2.05) is 31.2 Å². The van der Waals surface area contributed by atoms with Crippen molar-refractivity contribution in [1.29, 1.82) is 0 Å². The summed E-state index contributed by atoms with van der Waals surface area (Å²) in [4.78, 5) is 26.3. The highest BCUT2D eigenvalue weighted by atomic mass is 16.5. The monoisotopic (exact) mass is 342 g/mol. The average Bonchev–Trinajstić information content (AvgIpc) is 3.12. The number of likely N-dealkylation sites (tertiary alicyclic amines) is 1. The molecule has 1 saturated heterocycles. The highest BCUT2D eigenvalue weighted by Crippen LogP contribution is 2.23. The Morgan fingerprint density at radius 2 is 2.08 bits per heavy atom. The summed E-state index contributed by atoms with van der Waals surface area (Å²) >= 11 is 0. The Morgan fingerprint density at radius 1 is 1.32 bits per heavy atom. The van der Waals surface area contributed by atoms with Crippen LogP contribution in [-0.4, -0.2) is 41.6 Å². The van der Waals surface area contributed by atoms with Crippen molar-refractivity contribution in [3.8, 4) is 11.3 Å². The molecule has 1 fully saturated rings. The minimum absolute atomic E-state index is 0.212. The van der Waals surface area contributed by atoms with E-state index in [2.05, 4.69) is 5.16 Å².